The van der Waals surface area contributed by atoms with E-state index in [0.717, 1.165) is 16.5 Å². The highest BCUT2D eigenvalue weighted by Crippen LogP contribution is 2.19. The van der Waals surface area contributed by atoms with E-state index in [1.54, 1.807) is 6.20 Å². The normalized spacial score (nSPS) is 14.2. The molecular weight excluding hydrogens is 358 g/mol. The zero-order valence-electron chi connectivity index (χ0n) is 16.6. The number of aromatic amines is 1. The van der Waals surface area contributed by atoms with Crippen molar-refractivity contribution < 1.29 is 19.5 Å². The first-order valence-corrected chi connectivity index (χ1v) is 9.74. The van der Waals surface area contributed by atoms with Gasteiger partial charge in [-0.05, 0) is 24.0 Å². The summed E-state index contributed by atoms with van der Waals surface area (Å²) >= 11 is 0. The number of benzene rings is 1. The Morgan fingerprint density at radius 1 is 1.14 bits per heavy atom. The summed E-state index contributed by atoms with van der Waals surface area (Å²) in [5.41, 5.74) is 1.73. The summed E-state index contributed by atoms with van der Waals surface area (Å²) in [6.07, 6.45) is 3.62. The molecule has 2 rings (SSSR count). The van der Waals surface area contributed by atoms with E-state index < -0.39 is 24.0 Å². The van der Waals surface area contributed by atoms with E-state index in [-0.39, 0.29) is 18.2 Å². The number of aliphatic carboxylic acids is 1. The molecule has 28 heavy (non-hydrogen) atoms. The van der Waals surface area contributed by atoms with Crippen LogP contribution in [0.4, 0.5) is 0 Å². The number of carbonyl (C=O) groups is 3. The van der Waals surface area contributed by atoms with Crippen LogP contribution in [0.25, 0.3) is 10.9 Å². The zero-order valence-corrected chi connectivity index (χ0v) is 16.6. The van der Waals surface area contributed by atoms with Gasteiger partial charge < -0.3 is 20.7 Å². The summed E-state index contributed by atoms with van der Waals surface area (Å²) in [5, 5.41) is 15.9. The summed E-state index contributed by atoms with van der Waals surface area (Å²) in [6.45, 7) is 5.68. The number of carbonyl (C=O) groups excluding carboxylic acids is 2. The van der Waals surface area contributed by atoms with Crippen molar-refractivity contribution >= 4 is 28.7 Å². The Bertz CT molecular complexity index is 830. The van der Waals surface area contributed by atoms with Gasteiger partial charge in [-0.2, -0.15) is 0 Å². The van der Waals surface area contributed by atoms with Crippen molar-refractivity contribution in [2.45, 2.75) is 58.5 Å². The molecule has 7 nitrogen and oxygen atoms in total. The fraction of sp³-hybridized carbons (Fsp3) is 0.476. The smallest absolute Gasteiger partial charge is 0.326 e. The molecule has 0 saturated carbocycles. The molecule has 0 spiro atoms. The molecule has 1 heterocycles. The van der Waals surface area contributed by atoms with Crippen LogP contribution in [-0.4, -0.2) is 40.0 Å². The van der Waals surface area contributed by atoms with Gasteiger partial charge in [0.1, 0.15) is 12.1 Å². The van der Waals surface area contributed by atoms with Gasteiger partial charge in [0.05, 0.1) is 0 Å². The van der Waals surface area contributed by atoms with Crippen LogP contribution >= 0.6 is 0 Å². The van der Waals surface area contributed by atoms with E-state index in [1.165, 1.54) is 0 Å². The number of aromatic nitrogens is 1. The van der Waals surface area contributed by atoms with Crippen molar-refractivity contribution in [3.8, 4) is 0 Å². The highest BCUT2D eigenvalue weighted by Gasteiger charge is 2.30. The predicted molar refractivity (Wildman–Crippen MR) is 108 cm³/mol. The highest BCUT2D eigenvalue weighted by atomic mass is 16.4. The van der Waals surface area contributed by atoms with Crippen LogP contribution in [-0.2, 0) is 20.8 Å². The fourth-order valence-corrected chi connectivity index (χ4v) is 3.16. The Hall–Kier alpha value is -2.83. The van der Waals surface area contributed by atoms with Gasteiger partial charge in [0.2, 0.25) is 11.8 Å². The van der Waals surface area contributed by atoms with Crippen LogP contribution in [0.2, 0.25) is 0 Å². The van der Waals surface area contributed by atoms with Crippen molar-refractivity contribution in [1.29, 1.82) is 0 Å². The number of fused-ring (bicyclic) bond motifs is 1. The quantitative estimate of drug-likeness (QED) is 0.502. The van der Waals surface area contributed by atoms with E-state index in [9.17, 15) is 19.5 Å². The fourth-order valence-electron chi connectivity index (χ4n) is 3.16. The maximum Gasteiger partial charge on any atom is 0.326 e. The summed E-state index contributed by atoms with van der Waals surface area (Å²) in [4.78, 5) is 39.7. The first-order valence-electron chi connectivity index (χ1n) is 9.74. The van der Waals surface area contributed by atoms with Crippen LogP contribution in [0.15, 0.2) is 30.5 Å². The lowest BCUT2D eigenvalue weighted by Crippen LogP contribution is -2.54. The van der Waals surface area contributed by atoms with Crippen molar-refractivity contribution in [2.75, 3.05) is 0 Å². The minimum Gasteiger partial charge on any atom is -0.480 e. The molecule has 2 aromatic rings. The monoisotopic (exact) mass is 387 g/mol. The van der Waals surface area contributed by atoms with E-state index >= 15 is 0 Å². The molecule has 0 bridgehead atoms. The molecule has 0 saturated heterocycles. The average Bonchev–Trinajstić information content (AvgIpc) is 3.08. The molecule has 1 aromatic heterocycles. The van der Waals surface area contributed by atoms with Crippen molar-refractivity contribution in [2.24, 2.45) is 5.92 Å². The lowest BCUT2D eigenvalue weighted by atomic mass is 9.97. The second kappa shape index (κ2) is 9.92. The second-order valence-corrected chi connectivity index (χ2v) is 7.14. The number of hydrogen-bond donors (Lipinski definition) is 4. The molecule has 1 aromatic carbocycles. The summed E-state index contributed by atoms with van der Waals surface area (Å²) in [5.74, 6) is -1.89. The minimum absolute atomic E-state index is 0.108. The van der Waals surface area contributed by atoms with Gasteiger partial charge in [-0.25, -0.2) is 4.79 Å². The van der Waals surface area contributed by atoms with Gasteiger partial charge >= 0.3 is 5.97 Å². The molecule has 0 aliphatic carbocycles. The maximum atomic E-state index is 12.8. The largest absolute Gasteiger partial charge is 0.480 e. The second-order valence-electron chi connectivity index (χ2n) is 7.14. The SMILES string of the molecule is CCCC(=O)NC(C(=O)NC(Cc1c[nH]c2ccccc12)C(=O)O)C(C)CC. The number of H-pyrrole nitrogens is 1. The molecular formula is C21H29N3O4. The van der Waals surface area contributed by atoms with E-state index in [1.807, 2.05) is 45.0 Å². The van der Waals surface area contributed by atoms with Gasteiger partial charge in [-0.1, -0.05) is 45.4 Å². The summed E-state index contributed by atoms with van der Waals surface area (Å²) in [6, 6.07) is 5.77. The average molecular weight is 387 g/mol. The molecule has 3 unspecified atom stereocenters. The molecule has 152 valence electrons. The third-order valence-electron chi connectivity index (χ3n) is 5.00. The number of carboxylic acid groups (broad SMARTS) is 1. The Morgan fingerprint density at radius 2 is 1.86 bits per heavy atom. The highest BCUT2D eigenvalue weighted by molar-refractivity contribution is 5.91. The molecule has 0 fully saturated rings. The van der Waals surface area contributed by atoms with Crippen LogP contribution in [0.5, 0.6) is 0 Å². The molecule has 2 amide bonds. The Balaban J connectivity index is 2.15. The standard InChI is InChI=1S/C21H29N3O4/c1-4-8-18(25)24-19(13(3)5-2)20(26)23-17(21(27)28)11-14-12-22-16-10-7-6-9-15(14)16/h6-7,9-10,12-13,17,19,22H,4-5,8,11H2,1-3H3,(H,23,26)(H,24,25)(H,27,28). The minimum atomic E-state index is -1.11. The maximum absolute atomic E-state index is 12.8. The number of nitrogens with one attached hydrogen (secondary N) is 3. The topological polar surface area (TPSA) is 111 Å². The van der Waals surface area contributed by atoms with Gasteiger partial charge in [0.15, 0.2) is 0 Å². The number of para-hydroxylation sites is 1. The number of rotatable bonds is 10. The van der Waals surface area contributed by atoms with Gasteiger partial charge in [0, 0.05) is 29.9 Å². The van der Waals surface area contributed by atoms with Crippen molar-refractivity contribution in [1.82, 2.24) is 15.6 Å². The lowest BCUT2D eigenvalue weighted by molar-refractivity contribution is -0.142. The number of carboxylic acids is 1. The Kier molecular flexibility index (Phi) is 7.61. The number of hydrogen-bond acceptors (Lipinski definition) is 3. The first kappa shape index (κ1) is 21.5. The predicted octanol–water partition coefficient (Wildman–Crippen LogP) is 2.61. The van der Waals surface area contributed by atoms with E-state index in [4.69, 9.17) is 0 Å². The first-order chi connectivity index (χ1) is 13.4. The van der Waals surface area contributed by atoms with Crippen LogP contribution < -0.4 is 10.6 Å². The van der Waals surface area contributed by atoms with Gasteiger partial charge in [-0.15, -0.1) is 0 Å². The number of amides is 2. The van der Waals surface area contributed by atoms with Crippen LogP contribution in [0.3, 0.4) is 0 Å². The zero-order chi connectivity index (χ0) is 20.7. The molecule has 7 heteroatoms. The molecule has 0 aliphatic heterocycles. The van der Waals surface area contributed by atoms with Gasteiger partial charge in [-0.3, -0.25) is 9.59 Å². The third-order valence-corrected chi connectivity index (χ3v) is 5.00. The van der Waals surface area contributed by atoms with E-state index in [0.29, 0.717) is 19.3 Å². The Morgan fingerprint density at radius 3 is 2.50 bits per heavy atom. The molecule has 0 aliphatic rings. The summed E-state index contributed by atoms with van der Waals surface area (Å²) in [7, 11) is 0. The molecule has 3 atom stereocenters. The Labute approximate surface area is 164 Å². The lowest BCUT2D eigenvalue weighted by Gasteiger charge is -2.25. The van der Waals surface area contributed by atoms with E-state index in [2.05, 4.69) is 15.6 Å². The van der Waals surface area contributed by atoms with Crippen LogP contribution in [0, 0.1) is 5.92 Å². The van der Waals surface area contributed by atoms with Gasteiger partial charge in [0.25, 0.3) is 0 Å². The van der Waals surface area contributed by atoms with Crippen LogP contribution in [0.1, 0.15) is 45.6 Å². The molecule has 0 radical (unpaired) electrons. The van der Waals surface area contributed by atoms with Crippen molar-refractivity contribution in [3.05, 3.63) is 36.0 Å². The summed E-state index contributed by atoms with van der Waals surface area (Å²) < 4.78 is 0. The van der Waals surface area contributed by atoms with Crippen molar-refractivity contribution in [3.63, 3.8) is 0 Å². The third kappa shape index (κ3) is 5.34. The molecule has 4 N–H and O–H groups in total.